The van der Waals surface area contributed by atoms with Crippen LogP contribution in [-0.2, 0) is 13.6 Å². The number of aromatic nitrogens is 3. The Bertz CT molecular complexity index is 792. The van der Waals surface area contributed by atoms with Gasteiger partial charge in [0.15, 0.2) is 0 Å². The second-order valence-electron chi connectivity index (χ2n) is 4.98. The Kier molecular flexibility index (Phi) is 4.02. The molecular formula is C16H16N4OS. The van der Waals surface area contributed by atoms with Crippen LogP contribution in [0, 0.1) is 6.92 Å². The Balaban J connectivity index is 1.74. The molecule has 6 heteroatoms. The minimum Gasteiger partial charge on any atom is -0.345 e. The van der Waals surface area contributed by atoms with Crippen molar-refractivity contribution in [2.75, 3.05) is 0 Å². The predicted molar refractivity (Wildman–Crippen MR) is 86.7 cm³/mol. The van der Waals surface area contributed by atoms with Crippen LogP contribution >= 0.6 is 11.3 Å². The number of hydrogen-bond donors (Lipinski definition) is 1. The van der Waals surface area contributed by atoms with E-state index in [1.54, 1.807) is 17.5 Å². The lowest BCUT2D eigenvalue weighted by atomic mass is 10.1. The summed E-state index contributed by atoms with van der Waals surface area (Å²) in [7, 11) is 1.90. The number of nitrogens with one attached hydrogen (secondary N) is 1. The fraction of sp³-hybridized carbons (Fsp3) is 0.188. The van der Waals surface area contributed by atoms with Crippen molar-refractivity contribution < 1.29 is 4.79 Å². The van der Waals surface area contributed by atoms with Gasteiger partial charge in [0.1, 0.15) is 5.82 Å². The van der Waals surface area contributed by atoms with Gasteiger partial charge in [0, 0.05) is 30.4 Å². The topological polar surface area (TPSA) is 59.8 Å². The van der Waals surface area contributed by atoms with Gasteiger partial charge < -0.3 is 9.88 Å². The fourth-order valence-corrected chi connectivity index (χ4v) is 2.84. The van der Waals surface area contributed by atoms with Crippen LogP contribution in [0.4, 0.5) is 0 Å². The Labute approximate surface area is 132 Å². The van der Waals surface area contributed by atoms with Crippen LogP contribution in [0.3, 0.4) is 0 Å². The number of pyridine rings is 1. The maximum Gasteiger partial charge on any atom is 0.253 e. The first kappa shape index (κ1) is 14.5. The molecule has 0 aliphatic carbocycles. The SMILES string of the molecule is Cc1nc(-c2ccsc2)ccc1C(=O)NCc1nccn1C. The molecule has 3 heterocycles. The highest BCUT2D eigenvalue weighted by Gasteiger charge is 2.12. The van der Waals surface area contributed by atoms with E-state index in [0.29, 0.717) is 12.1 Å². The average Bonchev–Trinajstić information content (AvgIpc) is 3.16. The van der Waals surface area contributed by atoms with Gasteiger partial charge in [-0.2, -0.15) is 11.3 Å². The van der Waals surface area contributed by atoms with Crippen LogP contribution in [0.2, 0.25) is 0 Å². The van der Waals surface area contributed by atoms with Gasteiger partial charge in [-0.15, -0.1) is 0 Å². The molecule has 112 valence electrons. The lowest BCUT2D eigenvalue weighted by molar-refractivity contribution is 0.0948. The van der Waals surface area contributed by atoms with Crippen LogP contribution < -0.4 is 5.32 Å². The predicted octanol–water partition coefficient (Wildman–Crippen LogP) is 2.78. The van der Waals surface area contributed by atoms with Crippen LogP contribution in [-0.4, -0.2) is 20.4 Å². The van der Waals surface area contributed by atoms with Gasteiger partial charge in [0.05, 0.1) is 23.5 Å². The van der Waals surface area contributed by atoms with Crippen LogP contribution in [0.1, 0.15) is 21.9 Å². The van der Waals surface area contributed by atoms with Crippen molar-refractivity contribution in [3.8, 4) is 11.3 Å². The summed E-state index contributed by atoms with van der Waals surface area (Å²) in [6.07, 6.45) is 3.56. The van der Waals surface area contributed by atoms with E-state index in [1.165, 1.54) is 0 Å². The number of thiophene rings is 1. The Morgan fingerprint density at radius 1 is 1.36 bits per heavy atom. The third-order valence-electron chi connectivity index (χ3n) is 3.48. The summed E-state index contributed by atoms with van der Waals surface area (Å²) in [6, 6.07) is 5.72. The van der Waals surface area contributed by atoms with Gasteiger partial charge in [-0.05, 0) is 30.5 Å². The number of amides is 1. The molecule has 0 radical (unpaired) electrons. The van der Waals surface area contributed by atoms with E-state index in [4.69, 9.17) is 0 Å². The quantitative estimate of drug-likeness (QED) is 0.806. The summed E-state index contributed by atoms with van der Waals surface area (Å²) in [5, 5.41) is 6.93. The number of carbonyl (C=O) groups is 1. The number of rotatable bonds is 4. The van der Waals surface area contributed by atoms with Gasteiger partial charge in [-0.1, -0.05) is 0 Å². The van der Waals surface area contributed by atoms with Crippen LogP contribution in [0.15, 0.2) is 41.4 Å². The third kappa shape index (κ3) is 2.92. The van der Waals surface area contributed by atoms with E-state index in [-0.39, 0.29) is 5.91 Å². The second-order valence-corrected chi connectivity index (χ2v) is 5.76. The van der Waals surface area contributed by atoms with Crippen molar-refractivity contribution in [2.45, 2.75) is 13.5 Å². The highest BCUT2D eigenvalue weighted by molar-refractivity contribution is 7.08. The monoisotopic (exact) mass is 312 g/mol. The molecule has 0 fully saturated rings. The summed E-state index contributed by atoms with van der Waals surface area (Å²) in [5.74, 6) is 0.679. The first-order valence-electron chi connectivity index (χ1n) is 6.90. The first-order chi connectivity index (χ1) is 10.6. The summed E-state index contributed by atoms with van der Waals surface area (Å²) >= 11 is 1.63. The number of nitrogens with zero attached hydrogens (tertiary/aromatic N) is 3. The zero-order chi connectivity index (χ0) is 15.5. The summed E-state index contributed by atoms with van der Waals surface area (Å²) in [4.78, 5) is 21.0. The Morgan fingerprint density at radius 2 is 2.23 bits per heavy atom. The molecule has 0 atom stereocenters. The van der Waals surface area contributed by atoms with E-state index in [1.807, 2.05) is 53.7 Å². The van der Waals surface area contributed by atoms with Gasteiger partial charge in [-0.25, -0.2) is 4.98 Å². The fourth-order valence-electron chi connectivity index (χ4n) is 2.19. The molecule has 0 aliphatic heterocycles. The molecule has 22 heavy (non-hydrogen) atoms. The van der Waals surface area contributed by atoms with Crippen molar-refractivity contribution in [1.29, 1.82) is 0 Å². The zero-order valence-electron chi connectivity index (χ0n) is 12.4. The largest absolute Gasteiger partial charge is 0.345 e. The van der Waals surface area contributed by atoms with E-state index in [0.717, 1.165) is 22.8 Å². The molecule has 3 aromatic heterocycles. The standard InChI is InChI=1S/C16H16N4OS/c1-11-13(3-4-14(19-11)12-5-8-22-10-12)16(21)18-9-15-17-6-7-20(15)2/h3-8,10H,9H2,1-2H3,(H,18,21). The summed E-state index contributed by atoms with van der Waals surface area (Å²) in [5.41, 5.74) is 3.28. The third-order valence-corrected chi connectivity index (χ3v) is 4.16. The molecule has 3 rings (SSSR count). The average molecular weight is 312 g/mol. The van der Waals surface area contributed by atoms with Crippen molar-refractivity contribution in [1.82, 2.24) is 19.9 Å². The summed E-state index contributed by atoms with van der Waals surface area (Å²) in [6.45, 7) is 2.25. The highest BCUT2D eigenvalue weighted by atomic mass is 32.1. The van der Waals surface area contributed by atoms with Crippen molar-refractivity contribution >= 4 is 17.2 Å². The molecule has 0 saturated heterocycles. The highest BCUT2D eigenvalue weighted by Crippen LogP contribution is 2.21. The Hall–Kier alpha value is -2.47. The number of hydrogen-bond acceptors (Lipinski definition) is 4. The Morgan fingerprint density at radius 3 is 2.86 bits per heavy atom. The molecule has 1 N–H and O–H groups in total. The minimum atomic E-state index is -0.134. The molecule has 0 bridgehead atoms. The lowest BCUT2D eigenvalue weighted by Crippen LogP contribution is -2.25. The van der Waals surface area contributed by atoms with Crippen molar-refractivity contribution in [3.63, 3.8) is 0 Å². The van der Waals surface area contributed by atoms with Gasteiger partial charge in [-0.3, -0.25) is 9.78 Å². The van der Waals surface area contributed by atoms with Crippen molar-refractivity contribution in [2.24, 2.45) is 7.05 Å². The van der Waals surface area contributed by atoms with Gasteiger partial charge in [0.2, 0.25) is 0 Å². The lowest BCUT2D eigenvalue weighted by Gasteiger charge is -2.08. The molecule has 0 aromatic carbocycles. The van der Waals surface area contributed by atoms with E-state index >= 15 is 0 Å². The van der Waals surface area contributed by atoms with Gasteiger partial charge >= 0.3 is 0 Å². The van der Waals surface area contributed by atoms with Crippen LogP contribution in [0.5, 0.6) is 0 Å². The summed E-state index contributed by atoms with van der Waals surface area (Å²) < 4.78 is 1.88. The normalized spacial score (nSPS) is 10.6. The number of imidazole rings is 1. The van der Waals surface area contributed by atoms with Gasteiger partial charge in [0.25, 0.3) is 5.91 Å². The molecule has 0 saturated carbocycles. The second kappa shape index (κ2) is 6.11. The smallest absolute Gasteiger partial charge is 0.253 e. The molecule has 3 aromatic rings. The molecule has 1 amide bonds. The first-order valence-corrected chi connectivity index (χ1v) is 7.84. The number of aryl methyl sites for hydroxylation is 2. The molecule has 0 aliphatic rings. The molecule has 5 nitrogen and oxygen atoms in total. The maximum absolute atomic E-state index is 12.3. The van der Waals surface area contributed by atoms with E-state index in [9.17, 15) is 4.79 Å². The minimum absolute atomic E-state index is 0.134. The van der Waals surface area contributed by atoms with Crippen LogP contribution in [0.25, 0.3) is 11.3 Å². The molecular weight excluding hydrogens is 296 g/mol. The zero-order valence-corrected chi connectivity index (χ0v) is 13.2. The number of carbonyl (C=O) groups excluding carboxylic acids is 1. The molecule has 0 spiro atoms. The van der Waals surface area contributed by atoms with E-state index < -0.39 is 0 Å². The molecule has 0 unspecified atom stereocenters. The van der Waals surface area contributed by atoms with Crippen molar-refractivity contribution in [3.05, 3.63) is 58.4 Å². The maximum atomic E-state index is 12.3. The van der Waals surface area contributed by atoms with E-state index in [2.05, 4.69) is 15.3 Å².